The van der Waals surface area contributed by atoms with Crippen molar-refractivity contribution in [3.8, 4) is 5.75 Å². The van der Waals surface area contributed by atoms with Crippen molar-refractivity contribution in [3.63, 3.8) is 0 Å². The van der Waals surface area contributed by atoms with Crippen LogP contribution in [0.4, 0.5) is 20.3 Å². The third-order valence-corrected chi connectivity index (χ3v) is 4.11. The smallest absolute Gasteiger partial charge is 0.387 e. The third kappa shape index (κ3) is 4.56. The lowest BCUT2D eigenvalue weighted by atomic mass is 10.2. The van der Waals surface area contributed by atoms with Gasteiger partial charge >= 0.3 is 12.3 Å². The van der Waals surface area contributed by atoms with E-state index in [2.05, 4.69) is 9.72 Å². The fourth-order valence-corrected chi connectivity index (χ4v) is 2.71. The number of halogens is 2. The number of unbranched alkanes of at least 4 members (excludes halogenated alkanes) is 1. The zero-order chi connectivity index (χ0) is 20.8. The van der Waals surface area contributed by atoms with E-state index in [1.165, 1.54) is 28.8 Å². The molecule has 0 radical (unpaired) electrons. The number of carbonyl (C=O) groups is 1. The molecule has 0 spiro atoms. The van der Waals surface area contributed by atoms with Crippen molar-refractivity contribution in [3.05, 3.63) is 50.7 Å². The highest BCUT2D eigenvalue weighted by Gasteiger charge is 2.24. The summed E-state index contributed by atoms with van der Waals surface area (Å²) in [6.45, 7) is 1.02. The van der Waals surface area contributed by atoms with Crippen molar-refractivity contribution in [1.82, 2.24) is 9.55 Å². The van der Waals surface area contributed by atoms with Crippen molar-refractivity contribution >= 4 is 17.4 Å². The number of H-pyrrole nitrogens is 1. The Morgan fingerprint density at radius 2 is 1.89 bits per heavy atom. The summed E-state index contributed by atoms with van der Waals surface area (Å²) in [6, 6.07) is 5.06. The zero-order valence-corrected chi connectivity index (χ0v) is 15.6. The molecule has 0 aliphatic rings. The SMILES string of the molecule is CCCCn1c(N)c(N(CC)C(=O)c2ccc(OC(F)F)cc2)c(=O)[nH]c1=O. The molecule has 1 heterocycles. The van der Waals surface area contributed by atoms with Crippen LogP contribution in [0.25, 0.3) is 0 Å². The van der Waals surface area contributed by atoms with Crippen LogP contribution in [0.5, 0.6) is 5.75 Å². The monoisotopic (exact) mass is 396 g/mol. The van der Waals surface area contributed by atoms with E-state index in [4.69, 9.17) is 5.73 Å². The molecule has 0 saturated heterocycles. The molecule has 10 heteroatoms. The predicted molar refractivity (Wildman–Crippen MR) is 101 cm³/mol. The number of nitrogens with zero attached hydrogens (tertiary/aromatic N) is 2. The maximum Gasteiger partial charge on any atom is 0.387 e. The zero-order valence-electron chi connectivity index (χ0n) is 15.6. The molecule has 0 bridgehead atoms. The molecule has 3 N–H and O–H groups in total. The lowest BCUT2D eigenvalue weighted by molar-refractivity contribution is -0.0498. The van der Waals surface area contributed by atoms with Gasteiger partial charge in [-0.05, 0) is 37.6 Å². The van der Waals surface area contributed by atoms with Crippen LogP contribution in [0.15, 0.2) is 33.9 Å². The average molecular weight is 396 g/mol. The Kier molecular flexibility index (Phi) is 6.91. The van der Waals surface area contributed by atoms with Gasteiger partial charge < -0.3 is 15.4 Å². The van der Waals surface area contributed by atoms with E-state index in [1.807, 2.05) is 6.92 Å². The summed E-state index contributed by atoms with van der Waals surface area (Å²) in [5.41, 5.74) is 4.64. The van der Waals surface area contributed by atoms with E-state index in [-0.39, 0.29) is 29.4 Å². The molecule has 8 nitrogen and oxygen atoms in total. The Balaban J connectivity index is 2.43. The summed E-state index contributed by atoms with van der Waals surface area (Å²) in [5.74, 6) is -0.765. The van der Waals surface area contributed by atoms with Crippen LogP contribution in [0, 0.1) is 0 Å². The van der Waals surface area contributed by atoms with E-state index in [0.717, 1.165) is 11.3 Å². The Bertz CT molecular complexity index is 938. The van der Waals surface area contributed by atoms with Crippen molar-refractivity contribution in [1.29, 1.82) is 0 Å². The van der Waals surface area contributed by atoms with E-state index in [9.17, 15) is 23.2 Å². The number of nitrogens with two attached hydrogens (primary N) is 1. The summed E-state index contributed by atoms with van der Waals surface area (Å²) >= 11 is 0. The summed E-state index contributed by atoms with van der Waals surface area (Å²) in [6.07, 6.45) is 1.48. The lowest BCUT2D eigenvalue weighted by Gasteiger charge is -2.23. The summed E-state index contributed by atoms with van der Waals surface area (Å²) in [7, 11) is 0. The number of carbonyl (C=O) groups excluding carboxylic acids is 1. The molecule has 0 aliphatic carbocycles. The van der Waals surface area contributed by atoms with Gasteiger partial charge in [0.05, 0.1) is 0 Å². The molecule has 152 valence electrons. The van der Waals surface area contributed by atoms with Crippen LogP contribution in [0.2, 0.25) is 0 Å². The molecular formula is C18H22F2N4O4. The van der Waals surface area contributed by atoms with Crippen LogP contribution in [0.3, 0.4) is 0 Å². The Morgan fingerprint density at radius 1 is 1.25 bits per heavy atom. The topological polar surface area (TPSA) is 110 Å². The Hall–Kier alpha value is -3.17. The maximum atomic E-state index is 12.9. The number of rotatable bonds is 8. The minimum absolute atomic E-state index is 0.0972. The van der Waals surface area contributed by atoms with Gasteiger partial charge in [-0.2, -0.15) is 8.78 Å². The molecule has 0 unspecified atom stereocenters. The van der Waals surface area contributed by atoms with Gasteiger partial charge in [0, 0.05) is 18.7 Å². The predicted octanol–water partition coefficient (Wildman–Crippen LogP) is 2.19. The minimum Gasteiger partial charge on any atom is -0.435 e. The van der Waals surface area contributed by atoms with Gasteiger partial charge in [-0.3, -0.25) is 19.1 Å². The highest BCUT2D eigenvalue weighted by molar-refractivity contribution is 6.07. The van der Waals surface area contributed by atoms with Gasteiger partial charge in [-0.25, -0.2) is 4.79 Å². The number of amides is 1. The number of benzene rings is 1. The number of nitrogen functional groups attached to an aromatic ring is 1. The molecule has 1 aromatic heterocycles. The molecule has 0 aliphatic heterocycles. The van der Waals surface area contributed by atoms with E-state index >= 15 is 0 Å². The molecule has 0 atom stereocenters. The molecule has 1 aromatic carbocycles. The van der Waals surface area contributed by atoms with Gasteiger partial charge in [-0.1, -0.05) is 13.3 Å². The first-order valence-corrected chi connectivity index (χ1v) is 8.79. The molecule has 2 aromatic rings. The number of ether oxygens (including phenoxy) is 1. The molecule has 0 saturated carbocycles. The number of aromatic amines is 1. The molecule has 1 amide bonds. The largest absolute Gasteiger partial charge is 0.435 e. The number of aromatic nitrogens is 2. The average Bonchev–Trinajstić information content (AvgIpc) is 2.64. The normalized spacial score (nSPS) is 10.9. The number of hydrogen-bond acceptors (Lipinski definition) is 5. The van der Waals surface area contributed by atoms with Crippen LogP contribution in [-0.2, 0) is 6.54 Å². The van der Waals surface area contributed by atoms with Crippen molar-refractivity contribution in [2.24, 2.45) is 0 Å². The second kappa shape index (κ2) is 9.16. The second-order valence-electron chi connectivity index (χ2n) is 5.95. The van der Waals surface area contributed by atoms with Gasteiger partial charge in [0.15, 0.2) is 5.69 Å². The summed E-state index contributed by atoms with van der Waals surface area (Å²) in [4.78, 5) is 40.6. The fraction of sp³-hybridized carbons (Fsp3) is 0.389. The summed E-state index contributed by atoms with van der Waals surface area (Å²) < 4.78 is 30.0. The third-order valence-electron chi connectivity index (χ3n) is 4.11. The van der Waals surface area contributed by atoms with Crippen LogP contribution in [-0.4, -0.2) is 28.6 Å². The second-order valence-corrected chi connectivity index (χ2v) is 5.95. The lowest BCUT2D eigenvalue weighted by Crippen LogP contribution is -2.41. The van der Waals surface area contributed by atoms with E-state index in [1.54, 1.807) is 6.92 Å². The molecule has 0 fully saturated rings. The number of anilines is 2. The van der Waals surface area contributed by atoms with Crippen molar-refractivity contribution < 1.29 is 18.3 Å². The maximum absolute atomic E-state index is 12.9. The number of nitrogens with one attached hydrogen (secondary N) is 1. The summed E-state index contributed by atoms with van der Waals surface area (Å²) in [5, 5.41) is 0. The molecule has 28 heavy (non-hydrogen) atoms. The van der Waals surface area contributed by atoms with Gasteiger partial charge in [0.25, 0.3) is 11.5 Å². The number of alkyl halides is 2. The van der Waals surface area contributed by atoms with Gasteiger partial charge in [0.1, 0.15) is 11.6 Å². The molecular weight excluding hydrogens is 374 g/mol. The minimum atomic E-state index is -2.98. The molecule has 2 rings (SSSR count). The fourth-order valence-electron chi connectivity index (χ4n) is 2.71. The van der Waals surface area contributed by atoms with Crippen LogP contribution in [0.1, 0.15) is 37.0 Å². The van der Waals surface area contributed by atoms with E-state index in [0.29, 0.717) is 13.0 Å². The van der Waals surface area contributed by atoms with Gasteiger partial charge in [0.2, 0.25) is 0 Å². The quantitative estimate of drug-likeness (QED) is 0.711. The van der Waals surface area contributed by atoms with Gasteiger partial charge in [-0.15, -0.1) is 0 Å². The van der Waals surface area contributed by atoms with Crippen molar-refractivity contribution in [2.45, 2.75) is 39.8 Å². The number of hydrogen-bond donors (Lipinski definition) is 2. The van der Waals surface area contributed by atoms with Crippen LogP contribution >= 0.6 is 0 Å². The highest BCUT2D eigenvalue weighted by atomic mass is 19.3. The highest BCUT2D eigenvalue weighted by Crippen LogP contribution is 2.21. The van der Waals surface area contributed by atoms with Crippen LogP contribution < -0.4 is 26.6 Å². The van der Waals surface area contributed by atoms with E-state index < -0.39 is 23.8 Å². The standard InChI is InChI=1S/C18H22F2N4O4/c1-3-5-10-24-14(21)13(15(25)22-18(24)27)23(4-2)16(26)11-6-8-12(9-7-11)28-17(19)20/h6-9,17H,3-5,10,21H2,1-2H3,(H,22,25,27). The Morgan fingerprint density at radius 3 is 2.43 bits per heavy atom. The van der Waals surface area contributed by atoms with Crippen molar-refractivity contribution in [2.75, 3.05) is 17.2 Å². The first-order chi connectivity index (χ1) is 13.3. The first kappa shape index (κ1) is 21.1. The first-order valence-electron chi connectivity index (χ1n) is 8.79. The Labute approximate surface area is 159 Å².